The molecule has 0 saturated heterocycles. The average molecular weight is 262 g/mol. The lowest BCUT2D eigenvalue weighted by atomic mass is 10.1. The molecule has 2 rings (SSSR count). The van der Waals surface area contributed by atoms with E-state index in [2.05, 4.69) is 10.4 Å². The van der Waals surface area contributed by atoms with E-state index in [-0.39, 0.29) is 11.6 Å². The number of para-hydroxylation sites is 1. The minimum atomic E-state index is -0.592. The van der Waals surface area contributed by atoms with Crippen LogP contribution >= 0.6 is 0 Å². The summed E-state index contributed by atoms with van der Waals surface area (Å²) in [5, 5.41) is 7.04. The van der Waals surface area contributed by atoms with Gasteiger partial charge in [0.15, 0.2) is 0 Å². The summed E-state index contributed by atoms with van der Waals surface area (Å²) >= 11 is 0. The molecule has 5 nitrogen and oxygen atoms in total. The van der Waals surface area contributed by atoms with Crippen molar-refractivity contribution in [1.82, 2.24) is 15.1 Å². The number of amides is 1. The second-order valence-corrected chi connectivity index (χ2v) is 4.23. The van der Waals surface area contributed by atoms with E-state index in [1.54, 1.807) is 13.1 Å². The largest absolute Gasteiger partial charge is 0.366 e. The molecule has 1 amide bonds. The van der Waals surface area contributed by atoms with E-state index >= 15 is 0 Å². The fourth-order valence-electron chi connectivity index (χ4n) is 1.85. The molecule has 1 atom stereocenters. The Kier molecular flexibility index (Phi) is 3.62. The molecule has 0 saturated carbocycles. The van der Waals surface area contributed by atoms with Gasteiger partial charge in [0.25, 0.3) is 5.91 Å². The van der Waals surface area contributed by atoms with Crippen molar-refractivity contribution in [2.24, 2.45) is 5.73 Å². The van der Waals surface area contributed by atoms with Gasteiger partial charge in [-0.05, 0) is 25.6 Å². The smallest absolute Gasteiger partial charge is 0.251 e. The predicted octanol–water partition coefficient (Wildman–Crippen LogP) is 1.39. The summed E-state index contributed by atoms with van der Waals surface area (Å²) in [5.41, 5.74) is 6.48. The van der Waals surface area contributed by atoms with Gasteiger partial charge in [-0.2, -0.15) is 5.10 Å². The minimum Gasteiger partial charge on any atom is -0.366 e. The van der Waals surface area contributed by atoms with Crippen LogP contribution < -0.4 is 11.1 Å². The number of nitrogens with one attached hydrogen (secondary N) is 1. The van der Waals surface area contributed by atoms with E-state index in [4.69, 9.17) is 5.73 Å². The maximum absolute atomic E-state index is 14.0. The van der Waals surface area contributed by atoms with Crippen LogP contribution in [0.15, 0.2) is 30.6 Å². The molecule has 1 unspecified atom stereocenters. The van der Waals surface area contributed by atoms with Gasteiger partial charge >= 0.3 is 0 Å². The Morgan fingerprint density at radius 2 is 2.26 bits per heavy atom. The van der Waals surface area contributed by atoms with Crippen LogP contribution in [0.5, 0.6) is 0 Å². The number of aromatic nitrogens is 2. The fourth-order valence-corrected chi connectivity index (χ4v) is 1.85. The number of halogens is 1. The van der Waals surface area contributed by atoms with Crippen molar-refractivity contribution in [3.8, 4) is 5.69 Å². The summed E-state index contributed by atoms with van der Waals surface area (Å²) < 4.78 is 15.4. The third kappa shape index (κ3) is 2.48. The first-order chi connectivity index (χ1) is 9.04. The van der Waals surface area contributed by atoms with Crippen LogP contribution in [-0.2, 0) is 0 Å². The highest BCUT2D eigenvalue weighted by atomic mass is 19.1. The quantitative estimate of drug-likeness (QED) is 0.874. The topological polar surface area (TPSA) is 72.9 Å². The van der Waals surface area contributed by atoms with Crippen LogP contribution in [0.4, 0.5) is 4.39 Å². The molecule has 100 valence electrons. The van der Waals surface area contributed by atoms with E-state index in [1.807, 2.05) is 13.0 Å². The summed E-state index contributed by atoms with van der Waals surface area (Å²) in [6.07, 6.45) is 2.75. The Balaban J connectivity index is 2.56. The lowest BCUT2D eigenvalue weighted by molar-refractivity contribution is 0.100. The van der Waals surface area contributed by atoms with Crippen LogP contribution in [0.2, 0.25) is 0 Å². The zero-order chi connectivity index (χ0) is 14.0. The molecule has 3 N–H and O–H groups in total. The molecule has 0 aliphatic rings. The molecular formula is C13H15FN4O. The highest BCUT2D eigenvalue weighted by Crippen LogP contribution is 2.24. The zero-order valence-corrected chi connectivity index (χ0v) is 10.7. The first kappa shape index (κ1) is 13.2. The first-order valence-corrected chi connectivity index (χ1v) is 5.85. The molecule has 0 radical (unpaired) electrons. The van der Waals surface area contributed by atoms with Crippen molar-refractivity contribution in [2.45, 2.75) is 13.0 Å². The Morgan fingerprint density at radius 3 is 2.84 bits per heavy atom. The predicted molar refractivity (Wildman–Crippen MR) is 69.5 cm³/mol. The lowest BCUT2D eigenvalue weighted by Gasteiger charge is -2.16. The monoisotopic (exact) mass is 262 g/mol. The zero-order valence-electron chi connectivity index (χ0n) is 10.7. The SMILES string of the molecule is CNC(C)c1cccc(F)c1-n1cc(C(N)=O)cn1. The summed E-state index contributed by atoms with van der Waals surface area (Å²) in [6, 6.07) is 4.75. The molecule has 6 heteroatoms. The summed E-state index contributed by atoms with van der Waals surface area (Å²) in [4.78, 5) is 11.1. The molecular weight excluding hydrogens is 247 g/mol. The normalized spacial score (nSPS) is 12.4. The van der Waals surface area contributed by atoms with Crippen LogP contribution in [0.3, 0.4) is 0 Å². The van der Waals surface area contributed by atoms with Gasteiger partial charge in [-0.15, -0.1) is 0 Å². The summed E-state index contributed by atoms with van der Waals surface area (Å²) in [6.45, 7) is 1.91. The van der Waals surface area contributed by atoms with E-state index < -0.39 is 11.7 Å². The van der Waals surface area contributed by atoms with Crippen molar-refractivity contribution >= 4 is 5.91 Å². The van der Waals surface area contributed by atoms with Gasteiger partial charge < -0.3 is 11.1 Å². The van der Waals surface area contributed by atoms with Crippen molar-refractivity contribution in [3.63, 3.8) is 0 Å². The van der Waals surface area contributed by atoms with Gasteiger partial charge in [-0.25, -0.2) is 9.07 Å². The third-order valence-corrected chi connectivity index (χ3v) is 3.01. The van der Waals surface area contributed by atoms with Crippen LogP contribution in [0, 0.1) is 5.82 Å². The van der Waals surface area contributed by atoms with Crippen LogP contribution in [0.25, 0.3) is 5.69 Å². The van der Waals surface area contributed by atoms with Crippen molar-refractivity contribution in [2.75, 3.05) is 7.05 Å². The molecule has 0 aliphatic carbocycles. The molecule has 0 spiro atoms. The van der Waals surface area contributed by atoms with Crippen molar-refractivity contribution < 1.29 is 9.18 Å². The summed E-state index contributed by atoms with van der Waals surface area (Å²) in [5.74, 6) is -0.996. The Labute approximate surface area is 110 Å². The molecule has 1 heterocycles. The molecule has 1 aromatic carbocycles. The van der Waals surface area contributed by atoms with Gasteiger partial charge in [0.05, 0.1) is 11.8 Å². The van der Waals surface area contributed by atoms with E-state index in [0.29, 0.717) is 5.69 Å². The second kappa shape index (κ2) is 5.19. The van der Waals surface area contributed by atoms with Crippen LogP contribution in [-0.4, -0.2) is 22.7 Å². The number of carbonyl (C=O) groups is 1. The average Bonchev–Trinajstić information content (AvgIpc) is 2.87. The van der Waals surface area contributed by atoms with Gasteiger partial charge in [-0.3, -0.25) is 4.79 Å². The Bertz CT molecular complexity index is 608. The van der Waals surface area contributed by atoms with Gasteiger partial charge in [0, 0.05) is 12.2 Å². The van der Waals surface area contributed by atoms with Crippen molar-refractivity contribution in [1.29, 1.82) is 0 Å². The van der Waals surface area contributed by atoms with E-state index in [0.717, 1.165) is 5.56 Å². The molecule has 0 bridgehead atoms. The van der Waals surface area contributed by atoms with Crippen molar-refractivity contribution in [3.05, 3.63) is 47.5 Å². The minimum absolute atomic E-state index is 0.0491. The standard InChI is InChI=1S/C13H15FN4O/c1-8(16-2)10-4-3-5-11(14)12(10)18-7-9(6-17-18)13(15)19/h3-8,16H,1-2H3,(H2,15,19). The number of benzene rings is 1. The maximum Gasteiger partial charge on any atom is 0.251 e. The number of carbonyl (C=O) groups excluding carboxylic acids is 1. The number of hydrogen-bond acceptors (Lipinski definition) is 3. The Hall–Kier alpha value is -2.21. The highest BCUT2D eigenvalue weighted by molar-refractivity contribution is 5.92. The molecule has 0 fully saturated rings. The molecule has 2 aromatic rings. The van der Waals surface area contributed by atoms with Gasteiger partial charge in [-0.1, -0.05) is 12.1 Å². The van der Waals surface area contributed by atoms with Gasteiger partial charge in [0.2, 0.25) is 0 Å². The number of primary amides is 1. The number of nitrogens with two attached hydrogens (primary N) is 1. The second-order valence-electron chi connectivity index (χ2n) is 4.23. The van der Waals surface area contributed by atoms with E-state index in [1.165, 1.54) is 23.1 Å². The molecule has 0 aliphatic heterocycles. The third-order valence-electron chi connectivity index (χ3n) is 3.01. The number of rotatable bonds is 4. The van der Waals surface area contributed by atoms with Gasteiger partial charge in [0.1, 0.15) is 11.5 Å². The summed E-state index contributed by atoms with van der Waals surface area (Å²) in [7, 11) is 1.79. The maximum atomic E-state index is 14.0. The number of hydrogen-bond donors (Lipinski definition) is 2. The Morgan fingerprint density at radius 1 is 1.53 bits per heavy atom. The lowest BCUT2D eigenvalue weighted by Crippen LogP contribution is -2.16. The van der Waals surface area contributed by atoms with Crippen LogP contribution in [0.1, 0.15) is 28.9 Å². The van der Waals surface area contributed by atoms with E-state index in [9.17, 15) is 9.18 Å². The molecule has 1 aromatic heterocycles. The first-order valence-electron chi connectivity index (χ1n) is 5.85. The number of nitrogens with zero attached hydrogens (tertiary/aromatic N) is 2. The highest BCUT2D eigenvalue weighted by Gasteiger charge is 2.16. The molecule has 19 heavy (non-hydrogen) atoms. The fraction of sp³-hybridized carbons (Fsp3) is 0.231.